The molecule has 8 nitrogen and oxygen atoms in total. The third-order valence-electron chi connectivity index (χ3n) is 2.77. The molecular formula is C13H22FN5O3. The second kappa shape index (κ2) is 8.67. The van der Waals surface area contributed by atoms with Crippen molar-refractivity contribution in [3.8, 4) is 0 Å². The van der Waals surface area contributed by atoms with E-state index in [1.807, 2.05) is 0 Å². The van der Waals surface area contributed by atoms with Crippen molar-refractivity contribution < 1.29 is 20.6 Å². The fourth-order valence-corrected chi connectivity index (χ4v) is 1.50. The van der Waals surface area contributed by atoms with Crippen molar-refractivity contribution in [2.24, 2.45) is 14.1 Å². The average Bonchev–Trinajstić information content (AvgIpc) is 3.06. The summed E-state index contributed by atoms with van der Waals surface area (Å²) in [6.07, 6.45) is 6.23. The van der Waals surface area contributed by atoms with Crippen molar-refractivity contribution in [2.45, 2.75) is 6.92 Å². The lowest BCUT2D eigenvalue weighted by Crippen LogP contribution is -2.26. The van der Waals surface area contributed by atoms with Gasteiger partial charge in [-0.1, -0.05) is 0 Å². The van der Waals surface area contributed by atoms with Gasteiger partial charge in [0.25, 0.3) is 5.91 Å². The number of hydroxylamine groups is 2. The molecule has 2 heterocycles. The molecule has 0 atom stereocenters. The highest BCUT2D eigenvalue weighted by Gasteiger charge is 2.13. The number of rotatable bonds is 3. The zero-order valence-electron chi connectivity index (χ0n) is 13.2. The number of Topliss-reactive ketones (excluding diaryl/α,β-unsaturated/α-hetero) is 1. The number of imidazole rings is 2. The third-order valence-corrected chi connectivity index (χ3v) is 2.77. The van der Waals surface area contributed by atoms with E-state index in [1.165, 1.54) is 20.2 Å². The minimum absolute atomic E-state index is 0. The topological polar surface area (TPSA) is 82.2 Å². The smallest absolute Gasteiger partial charge is 0.295 e. The Balaban J connectivity index is 0. The number of carbonyl (C=O) groups is 2. The molecule has 9 heteroatoms. The van der Waals surface area contributed by atoms with E-state index in [0.29, 0.717) is 11.4 Å². The van der Waals surface area contributed by atoms with Gasteiger partial charge in [-0.15, -0.1) is 0 Å². The number of aromatic nitrogens is 4. The second-order valence-corrected chi connectivity index (χ2v) is 4.32. The SMILES string of the molecule is CC(=O)c1cncn1C.CON(C)C(=O)c1cncn1C.F.[3HH]. The molecule has 2 aromatic heterocycles. The van der Waals surface area contributed by atoms with E-state index in [0.717, 1.165) is 5.06 Å². The van der Waals surface area contributed by atoms with Gasteiger partial charge in [0.15, 0.2) is 5.78 Å². The number of carbonyl (C=O) groups excluding carboxylic acids is 2. The number of ketones is 1. The molecule has 0 N–H and O–H groups in total. The van der Waals surface area contributed by atoms with E-state index < -0.39 is 0 Å². The van der Waals surface area contributed by atoms with Crippen molar-refractivity contribution in [3.63, 3.8) is 0 Å². The Morgan fingerprint density at radius 1 is 1.14 bits per heavy atom. The van der Waals surface area contributed by atoms with Gasteiger partial charge in [-0.3, -0.25) is 19.1 Å². The Labute approximate surface area is 129 Å². The molecule has 0 aliphatic carbocycles. The molecule has 22 heavy (non-hydrogen) atoms. The maximum atomic E-state index is 11.4. The van der Waals surface area contributed by atoms with E-state index >= 15 is 0 Å². The number of aryl methyl sites for hydroxylation is 2. The van der Waals surface area contributed by atoms with Crippen molar-refractivity contribution in [1.29, 1.82) is 0 Å². The molecule has 0 saturated carbocycles. The van der Waals surface area contributed by atoms with Crippen molar-refractivity contribution in [2.75, 3.05) is 14.2 Å². The molecule has 0 bridgehead atoms. The maximum absolute atomic E-state index is 11.4. The Bertz CT molecular complexity index is 629. The van der Waals surface area contributed by atoms with Crippen LogP contribution in [0.1, 0.15) is 29.3 Å². The highest BCUT2D eigenvalue weighted by atomic mass is 19.0. The lowest BCUT2D eigenvalue weighted by molar-refractivity contribution is -0.0762. The van der Waals surface area contributed by atoms with Crippen LogP contribution in [0, 0.1) is 0 Å². The van der Waals surface area contributed by atoms with E-state index in [1.54, 1.807) is 49.1 Å². The van der Waals surface area contributed by atoms with Crippen LogP contribution in [-0.4, -0.2) is 50.0 Å². The van der Waals surface area contributed by atoms with Gasteiger partial charge in [0.05, 0.1) is 32.2 Å². The second-order valence-electron chi connectivity index (χ2n) is 4.32. The lowest BCUT2D eigenvalue weighted by atomic mass is 10.3. The molecule has 0 aliphatic heterocycles. The average molecular weight is 317 g/mol. The third kappa shape index (κ3) is 4.77. The summed E-state index contributed by atoms with van der Waals surface area (Å²) in [5, 5.41) is 1.15. The molecular weight excluding hydrogens is 293 g/mol. The molecule has 0 unspecified atom stereocenters. The van der Waals surface area contributed by atoms with E-state index in [9.17, 15) is 9.59 Å². The summed E-state index contributed by atoms with van der Waals surface area (Å²) in [7, 11) is 6.54. The van der Waals surface area contributed by atoms with Crippen LogP contribution in [0.25, 0.3) is 0 Å². The van der Waals surface area contributed by atoms with E-state index in [-0.39, 0.29) is 17.8 Å². The fourth-order valence-electron chi connectivity index (χ4n) is 1.50. The Kier molecular flexibility index (Phi) is 7.67. The van der Waals surface area contributed by atoms with Crippen LogP contribution in [0.15, 0.2) is 25.0 Å². The van der Waals surface area contributed by atoms with Crippen LogP contribution in [0.4, 0.5) is 4.70 Å². The van der Waals surface area contributed by atoms with Crippen LogP contribution in [0.3, 0.4) is 0 Å². The predicted octanol–water partition coefficient (Wildman–Crippen LogP) is 1.07. The zero-order chi connectivity index (χ0) is 16.0. The molecule has 2 rings (SSSR count). The minimum Gasteiger partial charge on any atom is -0.331 e. The van der Waals surface area contributed by atoms with Gasteiger partial charge in [0.1, 0.15) is 11.4 Å². The van der Waals surface area contributed by atoms with Gasteiger partial charge >= 0.3 is 0 Å². The first-order chi connectivity index (χ1) is 9.88. The molecule has 124 valence electrons. The zero-order valence-corrected chi connectivity index (χ0v) is 13.2. The Morgan fingerprint density at radius 2 is 1.59 bits per heavy atom. The van der Waals surface area contributed by atoms with Crippen LogP contribution in [-0.2, 0) is 18.9 Å². The number of halogens is 1. The summed E-state index contributed by atoms with van der Waals surface area (Å²) in [4.78, 5) is 34.4. The molecule has 0 aliphatic rings. The minimum atomic E-state index is -0.211. The monoisotopic (exact) mass is 317 g/mol. The van der Waals surface area contributed by atoms with Gasteiger partial charge in [-0.05, 0) is 0 Å². The molecule has 0 radical (unpaired) electrons. The van der Waals surface area contributed by atoms with Crippen molar-refractivity contribution >= 4 is 11.7 Å². The normalized spacial score (nSPS) is 9.32. The summed E-state index contributed by atoms with van der Waals surface area (Å²) in [5.74, 6) is -0.160. The van der Waals surface area contributed by atoms with Gasteiger partial charge in [0.2, 0.25) is 0 Å². The maximum Gasteiger partial charge on any atom is 0.295 e. The predicted molar refractivity (Wildman–Crippen MR) is 80.1 cm³/mol. The molecule has 2 aromatic rings. The highest BCUT2D eigenvalue weighted by Crippen LogP contribution is 2.00. The molecule has 0 fully saturated rings. The van der Waals surface area contributed by atoms with Crippen LogP contribution < -0.4 is 0 Å². The summed E-state index contributed by atoms with van der Waals surface area (Å²) < 4.78 is 3.33. The Morgan fingerprint density at radius 3 is 1.86 bits per heavy atom. The first-order valence-corrected chi connectivity index (χ1v) is 6.14. The number of nitrogens with zero attached hydrogens (tertiary/aromatic N) is 5. The summed E-state index contributed by atoms with van der Waals surface area (Å²) in [6.45, 7) is 1.52. The fraction of sp³-hybridized carbons (Fsp3) is 0.385. The lowest BCUT2D eigenvalue weighted by Gasteiger charge is -2.12. The van der Waals surface area contributed by atoms with Crippen LogP contribution >= 0.6 is 0 Å². The first kappa shape index (κ1) is 19.4. The van der Waals surface area contributed by atoms with Gasteiger partial charge in [-0.25, -0.2) is 15.0 Å². The summed E-state index contributed by atoms with van der Waals surface area (Å²) >= 11 is 0. The van der Waals surface area contributed by atoms with E-state index in [2.05, 4.69) is 9.97 Å². The standard InChI is InChI=1S/C7H11N3O2.C6H8N2O.FH.H2/c1-9-5-8-4-6(9)7(11)10(2)12-3;1-5(9)6-3-7-4-8(6)2;;/h4-5H,1-3H3;3-4H,1-2H3;2*1H/i;;;1+2. The molecule has 1 amide bonds. The number of hydrogen-bond acceptors (Lipinski definition) is 5. The molecule has 0 aromatic carbocycles. The number of amides is 1. The quantitative estimate of drug-likeness (QED) is 0.625. The van der Waals surface area contributed by atoms with Crippen LogP contribution in [0.5, 0.6) is 0 Å². The molecule has 0 spiro atoms. The van der Waals surface area contributed by atoms with E-state index in [4.69, 9.17) is 4.84 Å². The van der Waals surface area contributed by atoms with Crippen LogP contribution in [0.2, 0.25) is 0 Å². The van der Waals surface area contributed by atoms with Crippen molar-refractivity contribution in [1.82, 2.24) is 24.2 Å². The largest absolute Gasteiger partial charge is 0.331 e. The van der Waals surface area contributed by atoms with Gasteiger partial charge in [0, 0.05) is 29.5 Å². The number of hydrogen-bond donors (Lipinski definition) is 0. The van der Waals surface area contributed by atoms with Crippen molar-refractivity contribution in [3.05, 3.63) is 36.4 Å². The van der Waals surface area contributed by atoms with Gasteiger partial charge in [-0.2, -0.15) is 0 Å². The molecule has 0 saturated heterocycles. The summed E-state index contributed by atoms with van der Waals surface area (Å²) in [6, 6.07) is 0. The Hall–Kier alpha value is -2.55. The summed E-state index contributed by atoms with van der Waals surface area (Å²) in [5.41, 5.74) is 1.15. The van der Waals surface area contributed by atoms with Gasteiger partial charge < -0.3 is 9.13 Å². The first-order valence-electron chi connectivity index (χ1n) is 6.14. The highest BCUT2D eigenvalue weighted by molar-refractivity contribution is 5.92.